The Balaban J connectivity index is 1.91. The lowest BCUT2D eigenvalue weighted by atomic mass is 9.75. The predicted octanol–water partition coefficient (Wildman–Crippen LogP) is 2.28. The highest BCUT2D eigenvalue weighted by Gasteiger charge is 2.46. The number of halogens is 1. The van der Waals surface area contributed by atoms with Gasteiger partial charge in [-0.1, -0.05) is 0 Å². The van der Waals surface area contributed by atoms with Gasteiger partial charge in [0.15, 0.2) is 9.84 Å². The highest BCUT2D eigenvalue weighted by atomic mass is 32.2. The van der Waals surface area contributed by atoms with Crippen molar-refractivity contribution >= 4 is 15.5 Å². The lowest BCUT2D eigenvalue weighted by Gasteiger charge is -2.46. The maximum absolute atomic E-state index is 13.9. The van der Waals surface area contributed by atoms with Crippen LogP contribution in [-0.4, -0.2) is 25.9 Å². The summed E-state index contributed by atoms with van der Waals surface area (Å²) in [6, 6.07) is 3.75. The highest BCUT2D eigenvalue weighted by molar-refractivity contribution is 7.92. The summed E-state index contributed by atoms with van der Waals surface area (Å²) in [5.41, 5.74) is 5.42. The number of hydrogen-bond donors (Lipinski definition) is 1. The first-order valence-corrected chi connectivity index (χ1v) is 8.41. The predicted molar refractivity (Wildman–Crippen MR) is 73.6 cm³/mol. The Labute approximate surface area is 118 Å². The van der Waals surface area contributed by atoms with Gasteiger partial charge in [-0.15, -0.1) is 0 Å². The van der Waals surface area contributed by atoms with Crippen LogP contribution in [0.5, 0.6) is 0 Å². The van der Waals surface area contributed by atoms with Gasteiger partial charge in [0.05, 0.1) is 10.9 Å². The molecule has 0 aromatic heterocycles. The molecule has 0 bridgehead atoms. The molecule has 20 heavy (non-hydrogen) atoms. The van der Waals surface area contributed by atoms with E-state index in [-0.39, 0.29) is 16.2 Å². The van der Waals surface area contributed by atoms with Crippen molar-refractivity contribution in [2.75, 3.05) is 12.3 Å². The standard InChI is InChI=1S/C14H18FNO3S/c15-12-8-10(16)2-3-13(12)20(17,18)11-4-7-19-14(9-11)5-1-6-14/h2-3,8,11H,1,4-7,9,16H2. The van der Waals surface area contributed by atoms with E-state index in [1.165, 1.54) is 12.1 Å². The number of nitrogen functional groups attached to an aromatic ring is 1. The Kier molecular flexibility index (Phi) is 3.25. The smallest absolute Gasteiger partial charge is 0.184 e. The first-order chi connectivity index (χ1) is 9.43. The van der Waals surface area contributed by atoms with Gasteiger partial charge in [-0.25, -0.2) is 12.8 Å². The molecule has 1 spiro atoms. The second kappa shape index (κ2) is 4.70. The van der Waals surface area contributed by atoms with Gasteiger partial charge in [0.1, 0.15) is 10.7 Å². The van der Waals surface area contributed by atoms with Crippen molar-refractivity contribution in [3.63, 3.8) is 0 Å². The Morgan fingerprint density at radius 2 is 2.10 bits per heavy atom. The maximum Gasteiger partial charge on any atom is 0.184 e. The normalized spacial score (nSPS) is 25.4. The molecule has 3 rings (SSSR count). The Morgan fingerprint density at radius 1 is 1.35 bits per heavy atom. The first kappa shape index (κ1) is 13.8. The van der Waals surface area contributed by atoms with Gasteiger partial charge in [-0.3, -0.25) is 0 Å². The number of sulfone groups is 1. The van der Waals surface area contributed by atoms with Crippen LogP contribution in [0.25, 0.3) is 0 Å². The summed E-state index contributed by atoms with van der Waals surface area (Å²) in [4.78, 5) is -0.243. The van der Waals surface area contributed by atoms with E-state index >= 15 is 0 Å². The zero-order valence-electron chi connectivity index (χ0n) is 11.1. The van der Waals surface area contributed by atoms with Crippen LogP contribution in [0.2, 0.25) is 0 Å². The lowest BCUT2D eigenvalue weighted by Crippen LogP contribution is -2.49. The minimum atomic E-state index is -3.67. The lowest BCUT2D eigenvalue weighted by molar-refractivity contribution is -0.125. The van der Waals surface area contributed by atoms with Gasteiger partial charge < -0.3 is 10.5 Å². The van der Waals surface area contributed by atoms with Crippen molar-refractivity contribution < 1.29 is 17.5 Å². The van der Waals surface area contributed by atoms with E-state index in [4.69, 9.17) is 10.5 Å². The average Bonchev–Trinajstić information content (AvgIpc) is 2.36. The van der Waals surface area contributed by atoms with Crippen LogP contribution in [0.4, 0.5) is 10.1 Å². The third kappa shape index (κ3) is 2.20. The fraction of sp³-hybridized carbons (Fsp3) is 0.571. The molecule has 1 saturated heterocycles. The molecule has 2 fully saturated rings. The van der Waals surface area contributed by atoms with Gasteiger partial charge >= 0.3 is 0 Å². The van der Waals surface area contributed by atoms with Gasteiger partial charge in [-0.05, 0) is 50.3 Å². The fourth-order valence-electron chi connectivity index (χ4n) is 3.09. The molecule has 1 saturated carbocycles. The third-order valence-corrected chi connectivity index (χ3v) is 6.64. The van der Waals surface area contributed by atoms with E-state index in [1.54, 1.807) is 0 Å². The van der Waals surface area contributed by atoms with Crippen molar-refractivity contribution in [1.82, 2.24) is 0 Å². The van der Waals surface area contributed by atoms with Gasteiger partial charge in [0.25, 0.3) is 0 Å². The first-order valence-electron chi connectivity index (χ1n) is 6.86. The van der Waals surface area contributed by atoms with E-state index in [0.29, 0.717) is 19.4 Å². The van der Waals surface area contributed by atoms with Gasteiger partial charge in [0.2, 0.25) is 0 Å². The van der Waals surface area contributed by atoms with E-state index in [9.17, 15) is 12.8 Å². The number of nitrogens with two attached hydrogens (primary N) is 1. The number of rotatable bonds is 2. The summed E-state index contributed by atoms with van der Waals surface area (Å²) in [7, 11) is -3.67. The monoisotopic (exact) mass is 299 g/mol. The topological polar surface area (TPSA) is 69.4 Å². The van der Waals surface area contributed by atoms with Crippen LogP contribution < -0.4 is 5.73 Å². The van der Waals surface area contributed by atoms with Crippen molar-refractivity contribution in [3.05, 3.63) is 24.0 Å². The largest absolute Gasteiger partial charge is 0.399 e. The number of hydrogen-bond acceptors (Lipinski definition) is 4. The van der Waals surface area contributed by atoms with E-state index in [0.717, 1.165) is 25.3 Å². The minimum absolute atomic E-state index is 0.226. The summed E-state index contributed by atoms with van der Waals surface area (Å²) in [5, 5.41) is -0.560. The van der Waals surface area contributed by atoms with E-state index in [2.05, 4.69) is 0 Å². The summed E-state index contributed by atoms with van der Waals surface area (Å²) in [5.74, 6) is -0.765. The Morgan fingerprint density at radius 3 is 2.70 bits per heavy atom. The molecule has 2 aliphatic rings. The van der Waals surface area contributed by atoms with Crippen molar-refractivity contribution in [2.45, 2.75) is 47.9 Å². The maximum atomic E-state index is 13.9. The highest BCUT2D eigenvalue weighted by Crippen LogP contribution is 2.44. The minimum Gasteiger partial charge on any atom is -0.399 e. The molecule has 1 aromatic carbocycles. The molecule has 0 radical (unpaired) electrons. The van der Waals surface area contributed by atoms with Crippen LogP contribution in [0.1, 0.15) is 32.1 Å². The van der Waals surface area contributed by atoms with Crippen LogP contribution in [0.3, 0.4) is 0 Å². The van der Waals surface area contributed by atoms with E-state index < -0.39 is 20.9 Å². The second-order valence-electron chi connectivity index (χ2n) is 5.73. The van der Waals surface area contributed by atoms with Crippen molar-refractivity contribution in [1.29, 1.82) is 0 Å². The molecule has 1 aromatic rings. The summed E-state index contributed by atoms with van der Waals surface area (Å²) in [6.07, 6.45) is 3.78. The quantitative estimate of drug-likeness (QED) is 0.851. The Hall–Kier alpha value is -1.14. The third-order valence-electron chi connectivity index (χ3n) is 4.41. The average molecular weight is 299 g/mol. The summed E-state index contributed by atoms with van der Waals surface area (Å²) >= 11 is 0. The van der Waals surface area contributed by atoms with E-state index in [1.807, 2.05) is 0 Å². The molecule has 1 aliphatic carbocycles. The van der Waals surface area contributed by atoms with Crippen LogP contribution >= 0.6 is 0 Å². The van der Waals surface area contributed by atoms with Gasteiger partial charge in [0, 0.05) is 12.3 Å². The molecule has 110 valence electrons. The Bertz CT molecular complexity index is 625. The SMILES string of the molecule is Nc1ccc(S(=O)(=O)C2CCOC3(CCC3)C2)c(F)c1. The zero-order chi connectivity index (χ0) is 14.4. The summed E-state index contributed by atoms with van der Waals surface area (Å²) in [6.45, 7) is 0.431. The molecule has 4 nitrogen and oxygen atoms in total. The molecular formula is C14H18FNO3S. The molecule has 2 N–H and O–H groups in total. The second-order valence-corrected chi connectivity index (χ2v) is 7.93. The molecular weight excluding hydrogens is 281 g/mol. The molecule has 1 unspecified atom stereocenters. The summed E-state index contributed by atoms with van der Waals surface area (Å²) < 4.78 is 44.9. The number of ether oxygens (including phenoxy) is 1. The number of benzene rings is 1. The van der Waals surface area contributed by atoms with Crippen molar-refractivity contribution in [2.24, 2.45) is 0 Å². The van der Waals surface area contributed by atoms with Crippen LogP contribution in [0, 0.1) is 5.82 Å². The molecule has 6 heteroatoms. The van der Waals surface area contributed by atoms with Crippen LogP contribution in [0.15, 0.2) is 23.1 Å². The zero-order valence-corrected chi connectivity index (χ0v) is 12.0. The number of anilines is 1. The molecule has 1 heterocycles. The molecule has 0 amide bonds. The van der Waals surface area contributed by atoms with Crippen molar-refractivity contribution in [3.8, 4) is 0 Å². The fourth-order valence-corrected chi connectivity index (χ4v) is 4.97. The molecule has 1 aliphatic heterocycles. The van der Waals surface area contributed by atoms with Crippen LogP contribution in [-0.2, 0) is 14.6 Å². The molecule has 1 atom stereocenters. The van der Waals surface area contributed by atoms with Gasteiger partial charge in [-0.2, -0.15) is 0 Å².